The number of fused-ring (bicyclic) bond motifs is 3. The van der Waals surface area contributed by atoms with Gasteiger partial charge in [-0.1, -0.05) is 0 Å². The van der Waals surface area contributed by atoms with Crippen molar-refractivity contribution in [3.8, 4) is 0 Å². The van der Waals surface area contributed by atoms with Crippen LogP contribution in [0.2, 0.25) is 0 Å². The third-order valence-corrected chi connectivity index (χ3v) is 5.29. The highest BCUT2D eigenvalue weighted by molar-refractivity contribution is 5.96. The molecule has 7 heteroatoms. The molecule has 0 aromatic heterocycles. The highest BCUT2D eigenvalue weighted by atomic mass is 19.4. The number of halogens is 4. The molecular weight excluding hydrogens is 312 g/mol. The minimum Gasteiger partial charge on any atom is -0.327 e. The van der Waals surface area contributed by atoms with E-state index >= 15 is 0 Å². The number of hydrogen-bond donors (Lipinski definition) is 2. The minimum atomic E-state index is -4.62. The summed E-state index contributed by atoms with van der Waals surface area (Å²) in [4.78, 5) is 12.6. The van der Waals surface area contributed by atoms with Crippen molar-refractivity contribution in [1.82, 2.24) is 0 Å². The topological polar surface area (TPSA) is 55.1 Å². The average molecular weight is 330 g/mol. The number of amides is 1. The number of carbonyl (C=O) groups is 1. The van der Waals surface area contributed by atoms with Gasteiger partial charge in [-0.05, 0) is 56.2 Å². The van der Waals surface area contributed by atoms with Gasteiger partial charge in [-0.3, -0.25) is 4.79 Å². The Hall–Kier alpha value is -1.63. The smallest absolute Gasteiger partial charge is 0.327 e. The maximum atomic E-state index is 13.9. The highest BCUT2D eigenvalue weighted by Gasteiger charge is 2.51. The fraction of sp³-hybridized carbons (Fsp3) is 0.562. The maximum absolute atomic E-state index is 13.9. The summed E-state index contributed by atoms with van der Waals surface area (Å²) in [5.74, 6) is -0.938. The molecule has 3 aliphatic carbocycles. The summed E-state index contributed by atoms with van der Waals surface area (Å²) in [5, 5.41) is 2.44. The van der Waals surface area contributed by atoms with Gasteiger partial charge in [-0.15, -0.1) is 0 Å². The molecule has 1 aromatic carbocycles. The van der Waals surface area contributed by atoms with Gasteiger partial charge in [0.1, 0.15) is 5.82 Å². The normalized spacial score (nSPS) is 30.3. The summed E-state index contributed by atoms with van der Waals surface area (Å²) in [5.41, 5.74) is 4.07. The minimum absolute atomic E-state index is 0.239. The van der Waals surface area contributed by atoms with Crippen LogP contribution in [0.5, 0.6) is 0 Å². The second kappa shape index (κ2) is 5.47. The van der Waals surface area contributed by atoms with E-state index < -0.39 is 23.0 Å². The lowest BCUT2D eigenvalue weighted by molar-refractivity contribution is -0.137. The van der Waals surface area contributed by atoms with Crippen molar-refractivity contribution in [3.63, 3.8) is 0 Å². The van der Waals surface area contributed by atoms with Gasteiger partial charge in [-0.2, -0.15) is 13.2 Å². The van der Waals surface area contributed by atoms with Gasteiger partial charge in [0.15, 0.2) is 0 Å². The third kappa shape index (κ3) is 2.82. The molecule has 0 saturated heterocycles. The quantitative estimate of drug-likeness (QED) is 0.813. The molecule has 3 fully saturated rings. The van der Waals surface area contributed by atoms with E-state index in [2.05, 4.69) is 5.32 Å². The zero-order valence-corrected chi connectivity index (χ0v) is 12.4. The molecule has 23 heavy (non-hydrogen) atoms. The van der Waals surface area contributed by atoms with Gasteiger partial charge in [-0.25, -0.2) is 4.39 Å². The molecule has 1 amide bonds. The van der Waals surface area contributed by atoms with E-state index in [0.29, 0.717) is 24.8 Å². The van der Waals surface area contributed by atoms with Crippen LogP contribution in [0.1, 0.15) is 37.7 Å². The Bertz CT molecular complexity index is 621. The monoisotopic (exact) mass is 330 g/mol. The molecule has 0 radical (unpaired) electrons. The second-order valence-corrected chi connectivity index (χ2v) is 6.59. The van der Waals surface area contributed by atoms with Crippen molar-refractivity contribution in [1.29, 1.82) is 0 Å². The Kier molecular flexibility index (Phi) is 3.86. The van der Waals surface area contributed by atoms with Crippen LogP contribution in [0.3, 0.4) is 0 Å². The van der Waals surface area contributed by atoms with Gasteiger partial charge in [0, 0.05) is 6.04 Å². The Labute approximate surface area is 131 Å². The van der Waals surface area contributed by atoms with Gasteiger partial charge in [0.2, 0.25) is 5.91 Å². The number of alkyl halides is 3. The number of nitrogens with one attached hydrogen (secondary N) is 1. The molecule has 1 unspecified atom stereocenters. The summed E-state index contributed by atoms with van der Waals surface area (Å²) in [7, 11) is 0. The first-order valence-electron chi connectivity index (χ1n) is 7.66. The molecule has 3 nitrogen and oxygen atoms in total. The molecule has 1 atom stereocenters. The Morgan fingerprint density at radius 3 is 2.43 bits per heavy atom. The van der Waals surface area contributed by atoms with Crippen LogP contribution in [0.4, 0.5) is 23.2 Å². The number of benzene rings is 1. The summed E-state index contributed by atoms with van der Waals surface area (Å²) in [6.07, 6.45) is -0.734. The number of hydrogen-bond acceptors (Lipinski definition) is 2. The molecule has 4 rings (SSSR count). The lowest BCUT2D eigenvalue weighted by atomic mass is 9.57. The summed E-state index contributed by atoms with van der Waals surface area (Å²) < 4.78 is 51.6. The van der Waals surface area contributed by atoms with Crippen LogP contribution < -0.4 is 11.1 Å². The lowest BCUT2D eigenvalue weighted by Crippen LogP contribution is -2.56. The van der Waals surface area contributed by atoms with Crippen LogP contribution in [-0.4, -0.2) is 11.9 Å². The lowest BCUT2D eigenvalue weighted by Gasteiger charge is -2.49. The first-order valence-corrected chi connectivity index (χ1v) is 7.66. The van der Waals surface area contributed by atoms with Crippen molar-refractivity contribution < 1.29 is 22.4 Å². The highest BCUT2D eigenvalue weighted by Crippen LogP contribution is 2.50. The zero-order valence-electron chi connectivity index (χ0n) is 12.4. The predicted molar refractivity (Wildman–Crippen MR) is 77.0 cm³/mol. The third-order valence-electron chi connectivity index (χ3n) is 5.29. The van der Waals surface area contributed by atoms with E-state index in [1.165, 1.54) is 0 Å². The molecule has 0 aliphatic heterocycles. The van der Waals surface area contributed by atoms with Crippen LogP contribution in [0.25, 0.3) is 0 Å². The molecule has 126 valence electrons. The SMILES string of the molecule is NC1CC2CCC1(C(=O)Nc1ccc(C(F)(F)F)cc1F)CC2. The molecule has 3 N–H and O–H groups in total. The molecule has 3 aliphatic rings. The fourth-order valence-corrected chi connectivity index (χ4v) is 3.82. The van der Waals surface area contributed by atoms with Crippen molar-refractivity contribution in [3.05, 3.63) is 29.6 Å². The standard InChI is InChI=1S/C16H18F4N2O/c17-11-8-10(16(18,19)20)1-2-12(11)22-14(23)15-5-3-9(4-6-15)7-13(15)21/h1-2,8-9,13H,3-7,21H2,(H,22,23). The number of rotatable bonds is 2. The zero-order chi connectivity index (χ0) is 16.8. The number of anilines is 1. The van der Waals surface area contributed by atoms with E-state index in [4.69, 9.17) is 5.73 Å². The van der Waals surface area contributed by atoms with Crippen LogP contribution >= 0.6 is 0 Å². The second-order valence-electron chi connectivity index (χ2n) is 6.59. The van der Waals surface area contributed by atoms with E-state index in [9.17, 15) is 22.4 Å². The predicted octanol–water partition coefficient (Wildman–Crippen LogP) is 3.69. The summed E-state index contributed by atoms with van der Waals surface area (Å²) in [6.45, 7) is 0. The van der Waals surface area contributed by atoms with Crippen molar-refractivity contribution >= 4 is 11.6 Å². The van der Waals surface area contributed by atoms with Crippen molar-refractivity contribution in [2.75, 3.05) is 5.32 Å². The molecule has 1 aromatic rings. The molecular formula is C16H18F4N2O. The average Bonchev–Trinajstić information content (AvgIpc) is 2.49. The van der Waals surface area contributed by atoms with E-state index in [-0.39, 0.29) is 17.6 Å². The molecule has 0 heterocycles. The molecule has 0 spiro atoms. The summed E-state index contributed by atoms with van der Waals surface area (Å²) >= 11 is 0. The van der Waals surface area contributed by atoms with Crippen molar-refractivity contribution in [2.24, 2.45) is 17.1 Å². The first-order chi connectivity index (χ1) is 10.7. The van der Waals surface area contributed by atoms with E-state index in [1.807, 2.05) is 0 Å². The van der Waals surface area contributed by atoms with Crippen molar-refractivity contribution in [2.45, 2.75) is 44.3 Å². The van der Waals surface area contributed by atoms with Gasteiger partial charge >= 0.3 is 6.18 Å². The van der Waals surface area contributed by atoms with Gasteiger partial charge in [0.05, 0.1) is 16.7 Å². The van der Waals surface area contributed by atoms with Gasteiger partial charge in [0.25, 0.3) is 0 Å². The largest absolute Gasteiger partial charge is 0.416 e. The molecule has 2 bridgehead atoms. The Morgan fingerprint density at radius 2 is 1.91 bits per heavy atom. The van der Waals surface area contributed by atoms with Crippen LogP contribution in [0, 0.1) is 17.2 Å². The van der Waals surface area contributed by atoms with Crippen LogP contribution in [0.15, 0.2) is 18.2 Å². The number of nitrogens with two attached hydrogens (primary N) is 1. The Balaban J connectivity index is 1.80. The van der Waals surface area contributed by atoms with Gasteiger partial charge < -0.3 is 11.1 Å². The molecule has 3 saturated carbocycles. The summed E-state index contributed by atoms with van der Waals surface area (Å²) in [6, 6.07) is 1.82. The first kappa shape index (κ1) is 16.2. The number of carbonyl (C=O) groups excluding carboxylic acids is 1. The van der Waals surface area contributed by atoms with E-state index in [1.54, 1.807) is 0 Å². The van der Waals surface area contributed by atoms with E-state index in [0.717, 1.165) is 31.4 Å². The van der Waals surface area contributed by atoms with Crippen LogP contribution in [-0.2, 0) is 11.0 Å². The maximum Gasteiger partial charge on any atom is 0.416 e. The Morgan fingerprint density at radius 1 is 1.26 bits per heavy atom. The fourth-order valence-electron chi connectivity index (χ4n) is 3.82.